The number of rotatable bonds is 1. The molecule has 2 atom stereocenters. The molecule has 0 N–H and O–H groups in total. The lowest BCUT2D eigenvalue weighted by atomic mass is 10.0. The number of carbonyl (C=O) groups excluding carboxylic acids is 1. The third kappa shape index (κ3) is 1.35. The van der Waals surface area contributed by atoms with E-state index in [0.717, 1.165) is 5.56 Å². The van der Waals surface area contributed by atoms with Crippen LogP contribution in [0.2, 0.25) is 0 Å². The Kier molecular flexibility index (Phi) is 2.15. The molecule has 0 bridgehead atoms. The van der Waals surface area contributed by atoms with Crippen molar-refractivity contribution >= 4 is 6.09 Å². The summed E-state index contributed by atoms with van der Waals surface area (Å²) in [6.45, 7) is 1.99. The molecule has 1 unspecified atom stereocenters. The molecule has 2 rings (SSSR count). The fraction of sp³-hybridized carbons (Fsp3) is 0.364. The van der Waals surface area contributed by atoms with Gasteiger partial charge in [-0.3, -0.25) is 0 Å². The Balaban J connectivity index is 2.26. The third-order valence-electron chi connectivity index (χ3n) is 2.69. The fourth-order valence-electron chi connectivity index (χ4n) is 1.65. The quantitative estimate of drug-likeness (QED) is 0.681. The average molecular weight is 191 g/mol. The Morgan fingerprint density at radius 3 is 2.43 bits per heavy atom. The Morgan fingerprint density at radius 2 is 1.93 bits per heavy atom. The van der Waals surface area contributed by atoms with Gasteiger partial charge in [0.25, 0.3) is 0 Å². The van der Waals surface area contributed by atoms with Gasteiger partial charge < -0.3 is 9.64 Å². The first kappa shape index (κ1) is 9.06. The van der Waals surface area contributed by atoms with E-state index in [0.29, 0.717) is 0 Å². The van der Waals surface area contributed by atoms with Crippen molar-refractivity contribution in [3.8, 4) is 0 Å². The first-order chi connectivity index (χ1) is 6.70. The summed E-state index contributed by atoms with van der Waals surface area (Å²) in [5, 5.41) is 0. The summed E-state index contributed by atoms with van der Waals surface area (Å²) in [5.74, 6) is 0. The lowest BCUT2D eigenvalue weighted by Crippen LogP contribution is -2.27. The van der Waals surface area contributed by atoms with Crippen LogP contribution in [0, 0.1) is 0 Å². The van der Waals surface area contributed by atoms with Gasteiger partial charge >= 0.3 is 6.09 Å². The summed E-state index contributed by atoms with van der Waals surface area (Å²) in [7, 11) is 1.76. The smallest absolute Gasteiger partial charge is 0.410 e. The van der Waals surface area contributed by atoms with Gasteiger partial charge in [0.05, 0.1) is 6.04 Å². The number of benzene rings is 1. The minimum atomic E-state index is -0.244. The highest BCUT2D eigenvalue weighted by Crippen LogP contribution is 2.30. The molecule has 3 nitrogen and oxygen atoms in total. The minimum Gasteiger partial charge on any atom is -0.439 e. The standard InChI is InChI=1S/C11H13NO2/c1-8-10(14-11(13)12(8)2)9-6-4-3-5-7-9/h3-8,10H,1-2H3/t8-,10?/m0/s1. The van der Waals surface area contributed by atoms with Crippen LogP contribution < -0.4 is 0 Å². The second kappa shape index (κ2) is 3.33. The van der Waals surface area contributed by atoms with Crippen molar-refractivity contribution in [1.29, 1.82) is 0 Å². The number of hydrogen-bond acceptors (Lipinski definition) is 2. The number of amides is 1. The molecule has 1 aromatic rings. The lowest BCUT2D eigenvalue weighted by molar-refractivity contribution is 0.131. The van der Waals surface area contributed by atoms with Crippen LogP contribution in [-0.4, -0.2) is 24.1 Å². The van der Waals surface area contributed by atoms with Crippen LogP contribution in [0.5, 0.6) is 0 Å². The van der Waals surface area contributed by atoms with Crippen molar-refractivity contribution in [2.75, 3.05) is 7.05 Å². The van der Waals surface area contributed by atoms with Crippen LogP contribution >= 0.6 is 0 Å². The molecule has 1 aromatic carbocycles. The zero-order chi connectivity index (χ0) is 10.1. The number of nitrogens with zero attached hydrogens (tertiary/aromatic N) is 1. The van der Waals surface area contributed by atoms with Crippen molar-refractivity contribution < 1.29 is 9.53 Å². The molecular formula is C11H13NO2. The van der Waals surface area contributed by atoms with Crippen molar-refractivity contribution in [1.82, 2.24) is 4.90 Å². The maximum Gasteiger partial charge on any atom is 0.410 e. The van der Waals surface area contributed by atoms with Crippen LogP contribution in [0.3, 0.4) is 0 Å². The summed E-state index contributed by atoms with van der Waals surface area (Å²) in [6, 6.07) is 9.92. The van der Waals surface area contributed by atoms with Gasteiger partial charge in [0.1, 0.15) is 6.10 Å². The summed E-state index contributed by atoms with van der Waals surface area (Å²) in [5.41, 5.74) is 1.05. The van der Waals surface area contributed by atoms with Gasteiger partial charge in [0.15, 0.2) is 0 Å². The number of cyclic esters (lactones) is 1. The second-order valence-corrected chi connectivity index (χ2v) is 3.57. The number of ether oxygens (including phenoxy) is 1. The number of hydrogen-bond donors (Lipinski definition) is 0. The van der Waals surface area contributed by atoms with Crippen molar-refractivity contribution in [3.05, 3.63) is 35.9 Å². The Bertz CT molecular complexity index is 336. The highest BCUT2D eigenvalue weighted by Gasteiger charge is 2.36. The predicted octanol–water partition coefficient (Wildman–Crippen LogP) is 2.20. The molecule has 0 spiro atoms. The fourth-order valence-corrected chi connectivity index (χ4v) is 1.65. The maximum absolute atomic E-state index is 11.3. The van der Waals surface area contributed by atoms with Crippen LogP contribution in [0.1, 0.15) is 18.6 Å². The van der Waals surface area contributed by atoms with Crippen LogP contribution in [-0.2, 0) is 4.74 Å². The van der Waals surface area contributed by atoms with Crippen molar-refractivity contribution in [2.45, 2.75) is 19.1 Å². The minimum absolute atomic E-state index is 0.102. The van der Waals surface area contributed by atoms with Gasteiger partial charge in [-0.2, -0.15) is 0 Å². The monoisotopic (exact) mass is 191 g/mol. The van der Waals surface area contributed by atoms with E-state index in [4.69, 9.17) is 4.74 Å². The van der Waals surface area contributed by atoms with Gasteiger partial charge in [0.2, 0.25) is 0 Å². The summed E-state index contributed by atoms with van der Waals surface area (Å²) >= 11 is 0. The second-order valence-electron chi connectivity index (χ2n) is 3.57. The van der Waals surface area contributed by atoms with Crippen molar-refractivity contribution in [2.24, 2.45) is 0 Å². The van der Waals surface area contributed by atoms with E-state index in [9.17, 15) is 4.79 Å². The predicted molar refractivity (Wildman–Crippen MR) is 52.9 cm³/mol. The molecule has 1 heterocycles. The third-order valence-corrected chi connectivity index (χ3v) is 2.69. The molecule has 1 amide bonds. The van der Waals surface area contributed by atoms with E-state index < -0.39 is 0 Å². The zero-order valence-electron chi connectivity index (χ0n) is 8.31. The van der Waals surface area contributed by atoms with Gasteiger partial charge in [-0.1, -0.05) is 30.3 Å². The zero-order valence-corrected chi connectivity index (χ0v) is 8.31. The Labute approximate surface area is 83.3 Å². The molecule has 0 radical (unpaired) electrons. The highest BCUT2D eigenvalue weighted by atomic mass is 16.6. The highest BCUT2D eigenvalue weighted by molar-refractivity contribution is 5.70. The molecule has 14 heavy (non-hydrogen) atoms. The van der Waals surface area contributed by atoms with Gasteiger partial charge in [-0.25, -0.2) is 4.79 Å². The summed E-state index contributed by atoms with van der Waals surface area (Å²) < 4.78 is 5.26. The molecule has 1 fully saturated rings. The van der Waals surface area contributed by atoms with E-state index in [1.807, 2.05) is 37.3 Å². The topological polar surface area (TPSA) is 29.5 Å². The normalized spacial score (nSPS) is 26.4. The number of likely N-dealkylation sites (N-methyl/N-ethyl adjacent to an activating group) is 1. The molecule has 1 aliphatic rings. The number of carbonyl (C=O) groups is 1. The molecule has 1 saturated heterocycles. The van der Waals surface area contributed by atoms with E-state index in [2.05, 4.69) is 0 Å². The lowest BCUT2D eigenvalue weighted by Gasteiger charge is -2.16. The molecular weight excluding hydrogens is 178 g/mol. The largest absolute Gasteiger partial charge is 0.439 e. The van der Waals surface area contributed by atoms with Crippen molar-refractivity contribution in [3.63, 3.8) is 0 Å². The Morgan fingerprint density at radius 1 is 1.29 bits per heavy atom. The van der Waals surface area contributed by atoms with Crippen LogP contribution in [0.4, 0.5) is 4.79 Å². The van der Waals surface area contributed by atoms with E-state index in [-0.39, 0.29) is 18.2 Å². The summed E-state index contributed by atoms with van der Waals surface area (Å²) in [6.07, 6.45) is -0.375. The van der Waals surface area contributed by atoms with Gasteiger partial charge in [-0.05, 0) is 12.5 Å². The molecule has 3 heteroatoms. The Hall–Kier alpha value is -1.51. The SMILES string of the molecule is C[C@H]1C(c2ccccc2)OC(=O)N1C. The van der Waals surface area contributed by atoms with E-state index in [1.54, 1.807) is 11.9 Å². The van der Waals surface area contributed by atoms with E-state index >= 15 is 0 Å². The molecule has 1 aliphatic heterocycles. The molecule has 0 saturated carbocycles. The summed E-state index contributed by atoms with van der Waals surface area (Å²) in [4.78, 5) is 12.9. The van der Waals surface area contributed by atoms with Gasteiger partial charge in [-0.15, -0.1) is 0 Å². The first-order valence-corrected chi connectivity index (χ1v) is 4.68. The molecule has 0 aliphatic carbocycles. The average Bonchev–Trinajstić information content (AvgIpc) is 2.47. The maximum atomic E-state index is 11.3. The molecule has 74 valence electrons. The van der Waals surface area contributed by atoms with Gasteiger partial charge in [0, 0.05) is 7.05 Å². The first-order valence-electron chi connectivity index (χ1n) is 4.68. The van der Waals surface area contributed by atoms with Crippen LogP contribution in [0.25, 0.3) is 0 Å². The van der Waals surface area contributed by atoms with Crippen LogP contribution in [0.15, 0.2) is 30.3 Å². The molecule has 0 aromatic heterocycles. The van der Waals surface area contributed by atoms with E-state index in [1.165, 1.54) is 0 Å².